The number of nitrogen functional groups attached to an aromatic ring is 1. The molecule has 0 bridgehead atoms. The van der Waals surface area contributed by atoms with Crippen LogP contribution in [0.25, 0.3) is 22.0 Å². The Balaban J connectivity index is 2.28. The van der Waals surface area contributed by atoms with Gasteiger partial charge in [-0.15, -0.1) is 10.2 Å². The quantitative estimate of drug-likeness (QED) is 0.759. The van der Waals surface area contributed by atoms with E-state index in [0.717, 1.165) is 11.1 Å². The van der Waals surface area contributed by atoms with Gasteiger partial charge in [0.2, 0.25) is 0 Å². The second-order valence-corrected chi connectivity index (χ2v) is 5.09. The van der Waals surface area contributed by atoms with Crippen molar-refractivity contribution in [1.82, 2.24) is 10.2 Å². The number of carbonyl (C=O) groups is 1. The zero-order chi connectivity index (χ0) is 17.3. The van der Waals surface area contributed by atoms with E-state index in [-0.39, 0.29) is 11.4 Å². The number of hydrogen-bond donors (Lipinski definition) is 2. The van der Waals surface area contributed by atoms with Crippen molar-refractivity contribution >= 4 is 22.5 Å². The van der Waals surface area contributed by atoms with E-state index < -0.39 is 5.91 Å². The molecule has 122 valence electrons. The minimum atomic E-state index is -0.714. The molecular formula is C17H16N4O3. The largest absolute Gasteiger partial charge is 0.497 e. The number of anilines is 1. The molecule has 24 heavy (non-hydrogen) atoms. The fourth-order valence-corrected chi connectivity index (χ4v) is 2.57. The van der Waals surface area contributed by atoms with Gasteiger partial charge in [-0.05, 0) is 12.1 Å². The third-order valence-electron chi connectivity index (χ3n) is 3.76. The molecule has 4 N–H and O–H groups in total. The zero-order valence-electron chi connectivity index (χ0n) is 13.2. The molecule has 2 aromatic carbocycles. The van der Waals surface area contributed by atoms with Crippen molar-refractivity contribution in [3.05, 3.63) is 42.1 Å². The van der Waals surface area contributed by atoms with Gasteiger partial charge in [-0.1, -0.05) is 18.2 Å². The van der Waals surface area contributed by atoms with Gasteiger partial charge in [0.25, 0.3) is 5.91 Å². The van der Waals surface area contributed by atoms with E-state index in [1.165, 1.54) is 0 Å². The molecule has 1 aromatic heterocycles. The number of nitrogens with zero attached hydrogens (tertiary/aromatic N) is 2. The smallest absolute Gasteiger partial charge is 0.271 e. The van der Waals surface area contributed by atoms with Crippen LogP contribution in [-0.2, 0) is 0 Å². The van der Waals surface area contributed by atoms with E-state index in [2.05, 4.69) is 10.2 Å². The Bertz CT molecular complexity index is 941. The average molecular weight is 324 g/mol. The monoisotopic (exact) mass is 324 g/mol. The Morgan fingerprint density at radius 3 is 2.50 bits per heavy atom. The molecule has 3 aromatic rings. The Kier molecular flexibility index (Phi) is 3.91. The lowest BCUT2D eigenvalue weighted by atomic mass is 10.00. The minimum absolute atomic E-state index is 0.0404. The number of benzene rings is 2. The zero-order valence-corrected chi connectivity index (χ0v) is 13.2. The molecule has 0 radical (unpaired) electrons. The number of hydrogen-bond acceptors (Lipinski definition) is 6. The van der Waals surface area contributed by atoms with Crippen LogP contribution in [0.4, 0.5) is 5.69 Å². The molecule has 0 aliphatic heterocycles. The SMILES string of the molecule is COc1ccc(-c2cccc3c(N)c(C(N)=O)nnc23)c(OC)c1. The van der Waals surface area contributed by atoms with Gasteiger partial charge < -0.3 is 20.9 Å². The second-order valence-electron chi connectivity index (χ2n) is 5.09. The molecule has 0 saturated carbocycles. The summed E-state index contributed by atoms with van der Waals surface area (Å²) in [6.45, 7) is 0. The first-order chi connectivity index (χ1) is 11.6. The maximum Gasteiger partial charge on any atom is 0.271 e. The molecule has 7 nitrogen and oxygen atoms in total. The van der Waals surface area contributed by atoms with Gasteiger partial charge in [-0.25, -0.2) is 0 Å². The molecule has 0 fully saturated rings. The van der Waals surface area contributed by atoms with Gasteiger partial charge in [0, 0.05) is 22.6 Å². The predicted octanol–water partition coefficient (Wildman–Crippen LogP) is 2.00. The lowest BCUT2D eigenvalue weighted by molar-refractivity contribution is 0.0996. The van der Waals surface area contributed by atoms with Crippen LogP contribution in [0, 0.1) is 0 Å². The van der Waals surface area contributed by atoms with E-state index in [1.807, 2.05) is 24.3 Å². The molecule has 3 rings (SSSR count). The van der Waals surface area contributed by atoms with Crippen molar-refractivity contribution in [2.24, 2.45) is 5.73 Å². The van der Waals surface area contributed by atoms with Crippen LogP contribution in [0.15, 0.2) is 36.4 Å². The maximum absolute atomic E-state index is 11.4. The Hall–Kier alpha value is -3.35. The predicted molar refractivity (Wildman–Crippen MR) is 91.0 cm³/mol. The molecule has 0 aliphatic rings. The van der Waals surface area contributed by atoms with Gasteiger partial charge in [0.15, 0.2) is 5.69 Å². The number of carbonyl (C=O) groups excluding carboxylic acids is 1. The number of methoxy groups -OCH3 is 2. The third-order valence-corrected chi connectivity index (χ3v) is 3.76. The normalized spacial score (nSPS) is 10.6. The Labute approximate surface area is 138 Å². The summed E-state index contributed by atoms with van der Waals surface area (Å²) in [6, 6.07) is 10.9. The highest BCUT2D eigenvalue weighted by Gasteiger charge is 2.17. The molecule has 0 atom stereocenters. The van der Waals surface area contributed by atoms with Crippen LogP contribution in [-0.4, -0.2) is 30.3 Å². The van der Waals surface area contributed by atoms with Crippen molar-refractivity contribution in [3.8, 4) is 22.6 Å². The van der Waals surface area contributed by atoms with Crippen LogP contribution in [0.3, 0.4) is 0 Å². The van der Waals surface area contributed by atoms with Crippen LogP contribution in [0.5, 0.6) is 11.5 Å². The van der Waals surface area contributed by atoms with Gasteiger partial charge in [0.05, 0.1) is 19.9 Å². The molecule has 0 saturated heterocycles. The van der Waals surface area contributed by atoms with Crippen molar-refractivity contribution in [2.75, 3.05) is 20.0 Å². The maximum atomic E-state index is 11.4. The van der Waals surface area contributed by atoms with Crippen molar-refractivity contribution < 1.29 is 14.3 Å². The summed E-state index contributed by atoms with van der Waals surface area (Å²) in [5.74, 6) is 0.591. The van der Waals surface area contributed by atoms with Crippen LogP contribution in [0.1, 0.15) is 10.5 Å². The van der Waals surface area contributed by atoms with Gasteiger partial charge in [-0.2, -0.15) is 0 Å². The van der Waals surface area contributed by atoms with Crippen LogP contribution >= 0.6 is 0 Å². The second kappa shape index (κ2) is 6.04. The van der Waals surface area contributed by atoms with Gasteiger partial charge in [-0.3, -0.25) is 4.79 Å². The van der Waals surface area contributed by atoms with Gasteiger partial charge >= 0.3 is 0 Å². The summed E-state index contributed by atoms with van der Waals surface area (Å²) in [7, 11) is 3.17. The number of ether oxygens (including phenoxy) is 2. The van der Waals surface area contributed by atoms with E-state index in [4.69, 9.17) is 20.9 Å². The first-order valence-corrected chi connectivity index (χ1v) is 7.14. The average Bonchev–Trinajstić information content (AvgIpc) is 2.60. The molecule has 0 spiro atoms. The number of primary amides is 1. The summed E-state index contributed by atoms with van der Waals surface area (Å²) in [5, 5.41) is 8.61. The van der Waals surface area contributed by atoms with E-state index in [1.54, 1.807) is 26.4 Å². The molecule has 0 aliphatic carbocycles. The fourth-order valence-electron chi connectivity index (χ4n) is 2.57. The first kappa shape index (κ1) is 15.5. The first-order valence-electron chi connectivity index (χ1n) is 7.14. The molecule has 1 heterocycles. The number of nitrogens with two attached hydrogens (primary N) is 2. The standard InChI is InChI=1S/C17H16N4O3/c1-23-9-6-7-10(13(8-9)24-2)11-4-3-5-12-14(18)16(17(19)22)21-20-15(11)12/h3-8H,1-2H3,(H2,18,20)(H2,19,22). The van der Waals surface area contributed by atoms with Crippen molar-refractivity contribution in [3.63, 3.8) is 0 Å². The summed E-state index contributed by atoms with van der Waals surface area (Å²) < 4.78 is 10.7. The third kappa shape index (κ3) is 2.45. The highest BCUT2D eigenvalue weighted by atomic mass is 16.5. The minimum Gasteiger partial charge on any atom is -0.497 e. The Morgan fingerprint density at radius 1 is 1.04 bits per heavy atom. The summed E-state index contributed by atoms with van der Waals surface area (Å²) in [6.07, 6.45) is 0. The number of fused-ring (bicyclic) bond motifs is 1. The van der Waals surface area contributed by atoms with E-state index in [0.29, 0.717) is 22.4 Å². The lowest BCUT2D eigenvalue weighted by Gasteiger charge is -2.13. The van der Waals surface area contributed by atoms with Crippen LogP contribution < -0.4 is 20.9 Å². The summed E-state index contributed by atoms with van der Waals surface area (Å²) in [5.41, 5.74) is 13.6. The molecule has 1 amide bonds. The number of aromatic nitrogens is 2. The van der Waals surface area contributed by atoms with Crippen molar-refractivity contribution in [1.29, 1.82) is 0 Å². The molecule has 0 unspecified atom stereocenters. The topological polar surface area (TPSA) is 113 Å². The molecular weight excluding hydrogens is 308 g/mol. The number of rotatable bonds is 4. The highest BCUT2D eigenvalue weighted by molar-refractivity contribution is 6.07. The number of amides is 1. The fraction of sp³-hybridized carbons (Fsp3) is 0.118. The van der Waals surface area contributed by atoms with Crippen molar-refractivity contribution in [2.45, 2.75) is 0 Å². The van der Waals surface area contributed by atoms with E-state index in [9.17, 15) is 4.79 Å². The summed E-state index contributed by atoms with van der Waals surface area (Å²) in [4.78, 5) is 11.4. The van der Waals surface area contributed by atoms with E-state index >= 15 is 0 Å². The van der Waals surface area contributed by atoms with Crippen LogP contribution in [0.2, 0.25) is 0 Å². The Morgan fingerprint density at radius 2 is 1.83 bits per heavy atom. The van der Waals surface area contributed by atoms with Gasteiger partial charge in [0.1, 0.15) is 17.0 Å². The lowest BCUT2D eigenvalue weighted by Crippen LogP contribution is -2.16. The highest BCUT2D eigenvalue weighted by Crippen LogP contribution is 2.37. The summed E-state index contributed by atoms with van der Waals surface area (Å²) >= 11 is 0. The molecule has 7 heteroatoms.